The van der Waals surface area contributed by atoms with Crippen molar-refractivity contribution >= 4 is 16.7 Å². The molecule has 0 saturated heterocycles. The largest absolute Gasteiger partial charge is 0.507 e. The first-order chi connectivity index (χ1) is 12.2. The molecule has 0 radical (unpaired) electrons. The molecule has 0 aliphatic carbocycles. The van der Waals surface area contributed by atoms with E-state index in [2.05, 4.69) is 0 Å². The van der Waals surface area contributed by atoms with Crippen molar-refractivity contribution in [3.05, 3.63) is 77.9 Å². The van der Waals surface area contributed by atoms with Crippen molar-refractivity contribution in [3.63, 3.8) is 0 Å². The maximum atomic E-state index is 13.0. The molecular weight excluding hydrogens is 314 g/mol. The van der Waals surface area contributed by atoms with Crippen LogP contribution in [0.1, 0.15) is 15.9 Å². The molecular formula is C21H21NO3. The summed E-state index contributed by atoms with van der Waals surface area (Å²) < 4.78 is 5.14. The van der Waals surface area contributed by atoms with Crippen LogP contribution in [-0.4, -0.2) is 36.2 Å². The highest BCUT2D eigenvalue weighted by atomic mass is 16.5. The number of rotatable bonds is 6. The fourth-order valence-electron chi connectivity index (χ4n) is 2.83. The Morgan fingerprint density at radius 2 is 1.64 bits per heavy atom. The predicted octanol–water partition coefficient (Wildman–Crippen LogP) is 3.83. The van der Waals surface area contributed by atoms with E-state index in [0.29, 0.717) is 25.3 Å². The van der Waals surface area contributed by atoms with Gasteiger partial charge in [-0.15, -0.1) is 0 Å². The Balaban J connectivity index is 1.92. The van der Waals surface area contributed by atoms with Gasteiger partial charge in [-0.3, -0.25) is 4.79 Å². The Hall–Kier alpha value is -2.85. The minimum Gasteiger partial charge on any atom is -0.507 e. The second kappa shape index (κ2) is 7.81. The highest BCUT2D eigenvalue weighted by Gasteiger charge is 2.20. The highest BCUT2D eigenvalue weighted by Crippen LogP contribution is 2.26. The van der Waals surface area contributed by atoms with Gasteiger partial charge in [0.05, 0.1) is 12.2 Å². The van der Waals surface area contributed by atoms with Crippen LogP contribution in [0.4, 0.5) is 0 Å². The molecule has 3 aromatic rings. The predicted molar refractivity (Wildman–Crippen MR) is 98.7 cm³/mol. The number of hydrogen-bond acceptors (Lipinski definition) is 3. The van der Waals surface area contributed by atoms with Crippen LogP contribution in [0.15, 0.2) is 66.7 Å². The molecule has 128 valence electrons. The van der Waals surface area contributed by atoms with Crippen molar-refractivity contribution in [2.45, 2.75) is 6.54 Å². The Labute approximate surface area is 147 Å². The molecule has 1 amide bonds. The molecule has 0 fully saturated rings. The molecule has 1 N–H and O–H groups in total. The third-order valence-corrected chi connectivity index (χ3v) is 4.16. The second-order valence-electron chi connectivity index (χ2n) is 5.92. The molecule has 0 bridgehead atoms. The third-order valence-electron chi connectivity index (χ3n) is 4.16. The fourth-order valence-corrected chi connectivity index (χ4v) is 2.83. The van der Waals surface area contributed by atoms with Gasteiger partial charge < -0.3 is 14.7 Å². The van der Waals surface area contributed by atoms with Gasteiger partial charge in [-0.2, -0.15) is 0 Å². The van der Waals surface area contributed by atoms with E-state index in [1.54, 1.807) is 24.1 Å². The maximum absolute atomic E-state index is 13.0. The van der Waals surface area contributed by atoms with E-state index in [4.69, 9.17) is 4.74 Å². The molecule has 4 heteroatoms. The Kier molecular flexibility index (Phi) is 5.31. The minimum absolute atomic E-state index is 0.000761. The highest BCUT2D eigenvalue weighted by molar-refractivity contribution is 6.01. The standard InChI is InChI=1S/C21H21NO3/c1-25-12-11-22(15-16-7-3-2-4-8-16)21(24)19-13-17-9-5-6-10-18(17)14-20(19)23/h2-10,13-14,23H,11-12,15H2,1H3. The van der Waals surface area contributed by atoms with Gasteiger partial charge in [0.15, 0.2) is 0 Å². The van der Waals surface area contributed by atoms with E-state index < -0.39 is 0 Å². The van der Waals surface area contributed by atoms with Gasteiger partial charge in [0.25, 0.3) is 5.91 Å². The van der Waals surface area contributed by atoms with Crippen LogP contribution in [0.3, 0.4) is 0 Å². The summed E-state index contributed by atoms with van der Waals surface area (Å²) in [6, 6.07) is 20.9. The number of phenolic OH excluding ortho intramolecular Hbond substituents is 1. The summed E-state index contributed by atoms with van der Waals surface area (Å²) in [4.78, 5) is 14.7. The van der Waals surface area contributed by atoms with Gasteiger partial charge in [0, 0.05) is 20.2 Å². The molecule has 0 aromatic heterocycles. The van der Waals surface area contributed by atoms with Crippen LogP contribution in [0, 0.1) is 0 Å². The van der Waals surface area contributed by atoms with E-state index in [-0.39, 0.29) is 11.7 Å². The second-order valence-corrected chi connectivity index (χ2v) is 5.92. The van der Waals surface area contributed by atoms with Gasteiger partial charge in [0.2, 0.25) is 0 Å². The molecule has 0 aliphatic rings. The van der Waals surface area contributed by atoms with Crippen molar-refractivity contribution in [1.29, 1.82) is 0 Å². The molecule has 4 nitrogen and oxygen atoms in total. The van der Waals surface area contributed by atoms with Crippen LogP contribution >= 0.6 is 0 Å². The Morgan fingerprint density at radius 1 is 1.00 bits per heavy atom. The average Bonchev–Trinajstić information content (AvgIpc) is 2.65. The molecule has 0 saturated carbocycles. The van der Waals surface area contributed by atoms with Crippen LogP contribution < -0.4 is 0 Å². The van der Waals surface area contributed by atoms with Crippen LogP contribution in [0.5, 0.6) is 5.75 Å². The SMILES string of the molecule is COCCN(Cc1ccccc1)C(=O)c1cc2ccccc2cc1O. The van der Waals surface area contributed by atoms with Crippen molar-refractivity contribution in [1.82, 2.24) is 4.90 Å². The summed E-state index contributed by atoms with van der Waals surface area (Å²) in [6.45, 7) is 1.36. The van der Waals surface area contributed by atoms with Gasteiger partial charge >= 0.3 is 0 Å². The topological polar surface area (TPSA) is 49.8 Å². The molecule has 0 aliphatic heterocycles. The van der Waals surface area contributed by atoms with Crippen LogP contribution in [-0.2, 0) is 11.3 Å². The van der Waals surface area contributed by atoms with E-state index in [0.717, 1.165) is 16.3 Å². The van der Waals surface area contributed by atoms with Crippen molar-refractivity contribution in [2.75, 3.05) is 20.3 Å². The number of ether oxygens (including phenoxy) is 1. The zero-order valence-corrected chi connectivity index (χ0v) is 14.2. The summed E-state index contributed by atoms with van der Waals surface area (Å²) >= 11 is 0. The number of nitrogens with zero attached hydrogens (tertiary/aromatic N) is 1. The summed E-state index contributed by atoms with van der Waals surface area (Å²) in [5.41, 5.74) is 1.35. The first-order valence-electron chi connectivity index (χ1n) is 8.23. The number of carbonyl (C=O) groups excluding carboxylic acids is 1. The fraction of sp³-hybridized carbons (Fsp3) is 0.190. The van der Waals surface area contributed by atoms with E-state index >= 15 is 0 Å². The van der Waals surface area contributed by atoms with Gasteiger partial charge in [0.1, 0.15) is 5.75 Å². The lowest BCUT2D eigenvalue weighted by Gasteiger charge is -2.23. The van der Waals surface area contributed by atoms with Gasteiger partial charge in [-0.05, 0) is 28.5 Å². The zero-order chi connectivity index (χ0) is 17.6. The van der Waals surface area contributed by atoms with Gasteiger partial charge in [-0.25, -0.2) is 0 Å². The van der Waals surface area contributed by atoms with Crippen molar-refractivity contribution < 1.29 is 14.6 Å². The van der Waals surface area contributed by atoms with E-state index in [9.17, 15) is 9.90 Å². The first-order valence-corrected chi connectivity index (χ1v) is 8.23. The first kappa shape index (κ1) is 17.0. The van der Waals surface area contributed by atoms with E-state index in [1.807, 2.05) is 54.6 Å². The lowest BCUT2D eigenvalue weighted by molar-refractivity contribution is 0.0677. The van der Waals surface area contributed by atoms with Crippen LogP contribution in [0.25, 0.3) is 10.8 Å². The lowest BCUT2D eigenvalue weighted by Crippen LogP contribution is -2.33. The quantitative estimate of drug-likeness (QED) is 0.745. The smallest absolute Gasteiger partial charge is 0.258 e. The molecule has 0 unspecified atom stereocenters. The number of benzene rings is 3. The number of carbonyl (C=O) groups is 1. The molecule has 0 spiro atoms. The maximum Gasteiger partial charge on any atom is 0.258 e. The molecule has 0 atom stereocenters. The Bertz CT molecular complexity index is 861. The van der Waals surface area contributed by atoms with Gasteiger partial charge in [-0.1, -0.05) is 54.6 Å². The number of aromatic hydroxyl groups is 1. The summed E-state index contributed by atoms with van der Waals surface area (Å²) in [6.07, 6.45) is 0. The third kappa shape index (κ3) is 3.98. The van der Waals surface area contributed by atoms with E-state index in [1.165, 1.54) is 0 Å². The normalized spacial score (nSPS) is 10.8. The molecule has 3 rings (SSSR count). The lowest BCUT2D eigenvalue weighted by atomic mass is 10.0. The number of methoxy groups -OCH3 is 1. The zero-order valence-electron chi connectivity index (χ0n) is 14.2. The number of fused-ring (bicyclic) bond motifs is 1. The monoisotopic (exact) mass is 335 g/mol. The summed E-state index contributed by atoms with van der Waals surface area (Å²) in [5, 5.41) is 12.2. The van der Waals surface area contributed by atoms with Crippen LogP contribution in [0.2, 0.25) is 0 Å². The van der Waals surface area contributed by atoms with Crippen molar-refractivity contribution in [3.8, 4) is 5.75 Å². The minimum atomic E-state index is -0.204. The molecule has 0 heterocycles. The average molecular weight is 335 g/mol. The summed E-state index contributed by atoms with van der Waals surface area (Å²) in [5.74, 6) is -0.205. The number of amides is 1. The van der Waals surface area contributed by atoms with Crippen molar-refractivity contribution in [2.24, 2.45) is 0 Å². The molecule has 3 aromatic carbocycles. The number of hydrogen-bond donors (Lipinski definition) is 1. The summed E-state index contributed by atoms with van der Waals surface area (Å²) in [7, 11) is 1.61. The Morgan fingerprint density at radius 3 is 2.32 bits per heavy atom. The molecule has 25 heavy (non-hydrogen) atoms. The number of phenols is 1.